The third-order valence-corrected chi connectivity index (χ3v) is 3.59. The fraction of sp³-hybridized carbons (Fsp3) is 0.917. The van der Waals surface area contributed by atoms with Crippen LogP contribution >= 0.6 is 0 Å². The number of aliphatic hydroxyl groups excluding tert-OH is 1. The summed E-state index contributed by atoms with van der Waals surface area (Å²) in [5, 5.41) is 11.8. The summed E-state index contributed by atoms with van der Waals surface area (Å²) in [7, 11) is 1.59. The van der Waals surface area contributed by atoms with Crippen LogP contribution in [0.1, 0.15) is 32.1 Å². The molecule has 1 atom stereocenters. The molecule has 1 saturated carbocycles. The van der Waals surface area contributed by atoms with Crippen LogP contribution in [0.25, 0.3) is 0 Å². The van der Waals surface area contributed by atoms with Crippen molar-refractivity contribution < 1.29 is 14.6 Å². The second-order valence-electron chi connectivity index (χ2n) is 4.97. The molecule has 0 saturated heterocycles. The zero-order valence-electron chi connectivity index (χ0n) is 10.6. The molecule has 0 heterocycles. The highest BCUT2D eigenvalue weighted by Gasteiger charge is 2.37. The number of ether oxygens (including phenoxy) is 1. The summed E-state index contributed by atoms with van der Waals surface area (Å²) in [5.74, 6) is 0.0191. The predicted molar refractivity (Wildman–Crippen MR) is 65.5 cm³/mol. The lowest BCUT2D eigenvalue weighted by Crippen LogP contribution is -2.45. The number of hydrogen-bond acceptors (Lipinski definition) is 4. The SMILES string of the molecule is COCC(CCO)NC(=O)CC1(CN)CCC1. The van der Waals surface area contributed by atoms with Crippen LogP contribution in [0.2, 0.25) is 0 Å². The molecule has 100 valence electrons. The van der Waals surface area contributed by atoms with Gasteiger partial charge in [-0.3, -0.25) is 4.79 Å². The monoisotopic (exact) mass is 244 g/mol. The molecule has 1 amide bonds. The number of carbonyl (C=O) groups excluding carboxylic acids is 1. The Kier molecular flexibility index (Phi) is 5.88. The summed E-state index contributed by atoms with van der Waals surface area (Å²) in [5.41, 5.74) is 5.75. The third kappa shape index (κ3) is 4.26. The van der Waals surface area contributed by atoms with Gasteiger partial charge in [0.25, 0.3) is 0 Å². The number of amides is 1. The number of hydrogen-bond donors (Lipinski definition) is 3. The number of nitrogens with two attached hydrogens (primary N) is 1. The van der Waals surface area contributed by atoms with Crippen molar-refractivity contribution in [3.8, 4) is 0 Å². The van der Waals surface area contributed by atoms with Gasteiger partial charge in [0.1, 0.15) is 0 Å². The van der Waals surface area contributed by atoms with Crippen molar-refractivity contribution in [3.05, 3.63) is 0 Å². The summed E-state index contributed by atoms with van der Waals surface area (Å²) in [6, 6.07) is -0.104. The molecule has 5 heteroatoms. The molecule has 5 nitrogen and oxygen atoms in total. The molecule has 0 spiro atoms. The predicted octanol–water partition coefficient (Wildman–Crippen LogP) is 0.0191. The molecular weight excluding hydrogens is 220 g/mol. The Morgan fingerprint density at radius 2 is 2.29 bits per heavy atom. The first-order chi connectivity index (χ1) is 8.15. The second kappa shape index (κ2) is 6.93. The number of rotatable bonds is 8. The van der Waals surface area contributed by atoms with Crippen LogP contribution in [0.4, 0.5) is 0 Å². The topological polar surface area (TPSA) is 84.6 Å². The van der Waals surface area contributed by atoms with Crippen molar-refractivity contribution in [3.63, 3.8) is 0 Å². The first kappa shape index (κ1) is 14.4. The zero-order valence-corrected chi connectivity index (χ0v) is 10.6. The van der Waals surface area contributed by atoms with E-state index in [0.717, 1.165) is 12.8 Å². The van der Waals surface area contributed by atoms with Gasteiger partial charge in [-0.2, -0.15) is 0 Å². The van der Waals surface area contributed by atoms with E-state index < -0.39 is 0 Å². The van der Waals surface area contributed by atoms with Crippen LogP contribution in [0.5, 0.6) is 0 Å². The summed E-state index contributed by atoms with van der Waals surface area (Å²) < 4.78 is 5.00. The summed E-state index contributed by atoms with van der Waals surface area (Å²) >= 11 is 0. The van der Waals surface area contributed by atoms with E-state index in [1.807, 2.05) is 0 Å². The summed E-state index contributed by atoms with van der Waals surface area (Å²) in [4.78, 5) is 11.9. The molecule has 1 rings (SSSR count). The largest absolute Gasteiger partial charge is 0.396 e. The van der Waals surface area contributed by atoms with Crippen molar-refractivity contribution in [2.45, 2.75) is 38.1 Å². The molecule has 0 aliphatic heterocycles. The first-order valence-electron chi connectivity index (χ1n) is 6.25. The highest BCUT2D eigenvalue weighted by Crippen LogP contribution is 2.42. The van der Waals surface area contributed by atoms with E-state index in [-0.39, 0.29) is 24.0 Å². The first-order valence-corrected chi connectivity index (χ1v) is 6.25. The van der Waals surface area contributed by atoms with E-state index in [1.165, 1.54) is 6.42 Å². The average molecular weight is 244 g/mol. The van der Waals surface area contributed by atoms with Crippen LogP contribution in [-0.2, 0) is 9.53 Å². The van der Waals surface area contributed by atoms with E-state index in [2.05, 4.69) is 5.32 Å². The molecule has 0 bridgehead atoms. The van der Waals surface area contributed by atoms with Crippen molar-refractivity contribution in [1.29, 1.82) is 0 Å². The maximum Gasteiger partial charge on any atom is 0.220 e. The van der Waals surface area contributed by atoms with E-state index in [9.17, 15) is 4.79 Å². The summed E-state index contributed by atoms with van der Waals surface area (Å²) in [6.45, 7) is 1.06. The normalized spacial score (nSPS) is 19.5. The smallest absolute Gasteiger partial charge is 0.220 e. The Hall–Kier alpha value is -0.650. The van der Waals surface area contributed by atoms with Crippen molar-refractivity contribution >= 4 is 5.91 Å². The van der Waals surface area contributed by atoms with Gasteiger partial charge in [0.2, 0.25) is 5.91 Å². The molecule has 1 unspecified atom stereocenters. The van der Waals surface area contributed by atoms with Crippen LogP contribution in [0.3, 0.4) is 0 Å². The number of methoxy groups -OCH3 is 1. The highest BCUT2D eigenvalue weighted by atomic mass is 16.5. The van der Waals surface area contributed by atoms with E-state index >= 15 is 0 Å². The maximum absolute atomic E-state index is 11.9. The quantitative estimate of drug-likeness (QED) is 0.562. The van der Waals surface area contributed by atoms with Gasteiger partial charge in [-0.05, 0) is 31.2 Å². The molecule has 0 aromatic heterocycles. The highest BCUT2D eigenvalue weighted by molar-refractivity contribution is 5.77. The maximum atomic E-state index is 11.9. The molecular formula is C12H24N2O3. The van der Waals surface area contributed by atoms with Gasteiger partial charge in [0, 0.05) is 20.1 Å². The summed E-state index contributed by atoms with van der Waals surface area (Å²) in [6.07, 6.45) is 4.28. The number of aliphatic hydroxyl groups is 1. The zero-order chi connectivity index (χ0) is 12.7. The molecule has 1 aliphatic carbocycles. The Morgan fingerprint density at radius 3 is 2.71 bits per heavy atom. The van der Waals surface area contributed by atoms with Crippen LogP contribution in [-0.4, -0.2) is 43.9 Å². The van der Waals surface area contributed by atoms with Crippen molar-refractivity contribution in [2.24, 2.45) is 11.1 Å². The Labute approximate surface area is 103 Å². The van der Waals surface area contributed by atoms with E-state index in [0.29, 0.717) is 26.0 Å². The minimum absolute atomic E-state index is 0.0191. The van der Waals surface area contributed by atoms with Gasteiger partial charge >= 0.3 is 0 Å². The fourth-order valence-electron chi connectivity index (χ4n) is 2.30. The average Bonchev–Trinajstić information content (AvgIpc) is 2.24. The molecule has 1 aliphatic rings. The Morgan fingerprint density at radius 1 is 1.59 bits per heavy atom. The van der Waals surface area contributed by atoms with Crippen LogP contribution < -0.4 is 11.1 Å². The van der Waals surface area contributed by atoms with Gasteiger partial charge in [-0.1, -0.05) is 6.42 Å². The van der Waals surface area contributed by atoms with E-state index in [4.69, 9.17) is 15.6 Å². The number of nitrogens with one attached hydrogen (secondary N) is 1. The Balaban J connectivity index is 2.35. The molecule has 0 aromatic rings. The molecule has 1 fully saturated rings. The minimum Gasteiger partial charge on any atom is -0.396 e. The molecule has 0 aromatic carbocycles. The van der Waals surface area contributed by atoms with Gasteiger partial charge in [0.05, 0.1) is 12.6 Å². The van der Waals surface area contributed by atoms with Crippen molar-refractivity contribution in [1.82, 2.24) is 5.32 Å². The fourth-order valence-corrected chi connectivity index (χ4v) is 2.30. The lowest BCUT2D eigenvalue weighted by Gasteiger charge is -2.40. The number of carbonyl (C=O) groups is 1. The van der Waals surface area contributed by atoms with Crippen LogP contribution in [0.15, 0.2) is 0 Å². The third-order valence-electron chi connectivity index (χ3n) is 3.59. The molecule has 17 heavy (non-hydrogen) atoms. The minimum atomic E-state index is -0.104. The lowest BCUT2D eigenvalue weighted by molar-refractivity contribution is -0.125. The van der Waals surface area contributed by atoms with Crippen LogP contribution in [0, 0.1) is 5.41 Å². The lowest BCUT2D eigenvalue weighted by atomic mass is 9.66. The standard InChI is InChI=1S/C12H24N2O3/c1-17-8-10(3-6-15)14-11(16)7-12(9-13)4-2-5-12/h10,15H,2-9,13H2,1H3,(H,14,16). The van der Waals surface area contributed by atoms with Crippen molar-refractivity contribution in [2.75, 3.05) is 26.9 Å². The second-order valence-corrected chi connectivity index (χ2v) is 4.97. The van der Waals surface area contributed by atoms with Gasteiger partial charge < -0.3 is 20.9 Å². The Bertz CT molecular complexity index is 230. The molecule has 4 N–H and O–H groups in total. The van der Waals surface area contributed by atoms with Gasteiger partial charge in [0.15, 0.2) is 0 Å². The van der Waals surface area contributed by atoms with E-state index in [1.54, 1.807) is 7.11 Å². The van der Waals surface area contributed by atoms with Gasteiger partial charge in [-0.25, -0.2) is 0 Å². The van der Waals surface area contributed by atoms with Gasteiger partial charge in [-0.15, -0.1) is 0 Å². The molecule has 0 radical (unpaired) electrons.